The van der Waals surface area contributed by atoms with Gasteiger partial charge in [-0.05, 0) is 18.4 Å². The molecule has 2 aromatic rings. The van der Waals surface area contributed by atoms with Crippen LogP contribution >= 0.6 is 0 Å². The summed E-state index contributed by atoms with van der Waals surface area (Å²) in [4.78, 5) is 31.2. The van der Waals surface area contributed by atoms with Gasteiger partial charge < -0.3 is 30.1 Å². The van der Waals surface area contributed by atoms with E-state index in [0.717, 1.165) is 5.56 Å². The number of rotatable bonds is 6. The van der Waals surface area contributed by atoms with Crippen molar-refractivity contribution >= 4 is 17.8 Å². The van der Waals surface area contributed by atoms with Gasteiger partial charge in [-0.2, -0.15) is 0 Å². The zero-order chi connectivity index (χ0) is 19.2. The number of amides is 2. The smallest absolute Gasteiger partial charge is 0.295 e. The van der Waals surface area contributed by atoms with Gasteiger partial charge in [0.2, 0.25) is 11.8 Å². The van der Waals surface area contributed by atoms with Gasteiger partial charge in [-0.25, -0.2) is 4.98 Å². The van der Waals surface area contributed by atoms with Crippen molar-refractivity contribution in [3.05, 3.63) is 24.7 Å². The maximum absolute atomic E-state index is 12.8. The predicted octanol–water partition coefficient (Wildman–Crippen LogP) is 1.13. The third-order valence-corrected chi connectivity index (χ3v) is 4.33. The van der Waals surface area contributed by atoms with Gasteiger partial charge in [0, 0.05) is 24.5 Å². The van der Waals surface area contributed by atoms with Gasteiger partial charge in [0.05, 0.1) is 18.8 Å². The fourth-order valence-electron chi connectivity index (χ4n) is 2.84. The fraction of sp³-hybridized carbons (Fsp3) is 0.500. The van der Waals surface area contributed by atoms with Crippen LogP contribution < -0.4 is 16.0 Å². The highest BCUT2D eigenvalue weighted by Gasteiger charge is 2.26. The van der Waals surface area contributed by atoms with E-state index in [1.807, 2.05) is 26.1 Å². The van der Waals surface area contributed by atoms with Gasteiger partial charge in [-0.3, -0.25) is 9.59 Å². The van der Waals surface area contributed by atoms with Crippen LogP contribution in [0.2, 0.25) is 0 Å². The molecule has 1 fully saturated rings. The van der Waals surface area contributed by atoms with E-state index in [1.54, 1.807) is 12.4 Å². The molecular weight excluding hydrogens is 350 g/mol. The Kier molecular flexibility index (Phi) is 6.12. The summed E-state index contributed by atoms with van der Waals surface area (Å²) in [5, 5.41) is 8.80. The molecule has 0 aliphatic carbocycles. The van der Waals surface area contributed by atoms with E-state index in [1.165, 1.54) is 0 Å². The van der Waals surface area contributed by atoms with Crippen molar-refractivity contribution in [3.8, 4) is 11.3 Å². The average Bonchev–Trinajstić information content (AvgIpc) is 3.28. The second-order valence-corrected chi connectivity index (χ2v) is 6.85. The van der Waals surface area contributed by atoms with Crippen LogP contribution in [0.15, 0.2) is 29.1 Å². The lowest BCUT2D eigenvalue weighted by Crippen LogP contribution is -2.50. The topological polar surface area (TPSA) is 121 Å². The van der Waals surface area contributed by atoms with Crippen LogP contribution in [0.5, 0.6) is 0 Å². The Morgan fingerprint density at radius 1 is 1.41 bits per heavy atom. The first-order chi connectivity index (χ1) is 13.0. The van der Waals surface area contributed by atoms with E-state index in [4.69, 9.17) is 9.15 Å². The van der Waals surface area contributed by atoms with Crippen molar-refractivity contribution in [3.63, 3.8) is 0 Å². The van der Waals surface area contributed by atoms with Crippen molar-refractivity contribution in [2.24, 2.45) is 5.92 Å². The Balaban J connectivity index is 1.61. The van der Waals surface area contributed by atoms with Gasteiger partial charge in [-0.15, -0.1) is 0 Å². The lowest BCUT2D eigenvalue weighted by Gasteiger charge is -2.26. The molecule has 4 N–H and O–H groups in total. The first-order valence-corrected chi connectivity index (χ1v) is 9.03. The molecule has 27 heavy (non-hydrogen) atoms. The van der Waals surface area contributed by atoms with E-state index in [-0.39, 0.29) is 30.4 Å². The van der Waals surface area contributed by atoms with Crippen molar-refractivity contribution < 1.29 is 18.7 Å². The van der Waals surface area contributed by atoms with Gasteiger partial charge in [0.25, 0.3) is 6.01 Å². The Hall–Kier alpha value is -2.81. The molecule has 0 radical (unpaired) electrons. The molecule has 2 amide bonds. The number of aromatic amines is 1. The minimum absolute atomic E-state index is 0.0104. The van der Waals surface area contributed by atoms with Crippen LogP contribution in [0.4, 0.5) is 6.01 Å². The average molecular weight is 375 g/mol. The molecule has 3 heterocycles. The third kappa shape index (κ3) is 5.10. The molecule has 1 aliphatic heterocycles. The van der Waals surface area contributed by atoms with Crippen LogP contribution in [-0.2, 0) is 14.3 Å². The van der Waals surface area contributed by atoms with E-state index in [2.05, 4.69) is 25.9 Å². The molecule has 0 aromatic carbocycles. The summed E-state index contributed by atoms with van der Waals surface area (Å²) in [5.74, 6) is 0.336. The van der Waals surface area contributed by atoms with Crippen LogP contribution in [-0.4, -0.2) is 53.6 Å². The highest BCUT2D eigenvalue weighted by atomic mass is 16.5. The minimum atomic E-state index is -0.511. The number of anilines is 1. The number of hydrogen-bond donors (Lipinski definition) is 4. The number of aromatic nitrogens is 2. The third-order valence-electron chi connectivity index (χ3n) is 4.33. The Bertz CT molecular complexity index is 744. The number of H-pyrrole nitrogens is 1. The standard InChI is InChI=1S/C18H25N5O4/c1-11(2)16(17(25)22-13-4-6-20-15(24)10-26-9-13)23-18-21-8-14(27-18)12-3-5-19-7-12/h3,5,7-8,11,13,16,19H,4,6,9-10H2,1-2H3,(H,20,24)(H,21,23)(H,22,25). The maximum atomic E-state index is 12.8. The van der Waals surface area contributed by atoms with Crippen molar-refractivity contribution in [2.45, 2.75) is 32.4 Å². The van der Waals surface area contributed by atoms with Crippen LogP contribution in [0.1, 0.15) is 20.3 Å². The molecule has 146 valence electrons. The normalized spacial score (nSPS) is 19.1. The minimum Gasteiger partial charge on any atom is -0.424 e. The van der Waals surface area contributed by atoms with Gasteiger partial charge in [-0.1, -0.05) is 13.8 Å². The monoisotopic (exact) mass is 375 g/mol. The Morgan fingerprint density at radius 2 is 2.26 bits per heavy atom. The second-order valence-electron chi connectivity index (χ2n) is 6.85. The van der Waals surface area contributed by atoms with E-state index >= 15 is 0 Å². The molecule has 2 unspecified atom stereocenters. The van der Waals surface area contributed by atoms with Gasteiger partial charge in [0.1, 0.15) is 12.6 Å². The number of carbonyl (C=O) groups excluding carboxylic acids is 2. The summed E-state index contributed by atoms with van der Waals surface area (Å²) in [6, 6.07) is 1.50. The lowest BCUT2D eigenvalue weighted by molar-refractivity contribution is -0.127. The van der Waals surface area contributed by atoms with Crippen molar-refractivity contribution in [1.82, 2.24) is 20.6 Å². The highest BCUT2D eigenvalue weighted by molar-refractivity contribution is 5.84. The summed E-state index contributed by atoms with van der Waals surface area (Å²) in [6.07, 6.45) is 5.84. The predicted molar refractivity (Wildman–Crippen MR) is 98.9 cm³/mol. The van der Waals surface area contributed by atoms with Crippen LogP contribution in [0.3, 0.4) is 0 Å². The summed E-state index contributed by atoms with van der Waals surface area (Å²) < 4.78 is 11.0. The summed E-state index contributed by atoms with van der Waals surface area (Å²) in [6.45, 7) is 4.72. The lowest BCUT2D eigenvalue weighted by atomic mass is 10.0. The molecule has 9 nitrogen and oxygen atoms in total. The van der Waals surface area contributed by atoms with Crippen molar-refractivity contribution in [2.75, 3.05) is 25.1 Å². The van der Waals surface area contributed by atoms with Gasteiger partial charge >= 0.3 is 0 Å². The van der Waals surface area contributed by atoms with Crippen LogP contribution in [0, 0.1) is 5.92 Å². The molecule has 0 bridgehead atoms. The zero-order valence-electron chi connectivity index (χ0n) is 15.5. The zero-order valence-corrected chi connectivity index (χ0v) is 15.5. The molecule has 3 rings (SSSR count). The van der Waals surface area contributed by atoms with E-state index < -0.39 is 6.04 Å². The molecule has 1 saturated heterocycles. The first-order valence-electron chi connectivity index (χ1n) is 9.03. The Labute approximate surface area is 157 Å². The molecule has 9 heteroatoms. The second kappa shape index (κ2) is 8.72. The molecule has 2 atom stereocenters. The number of nitrogens with one attached hydrogen (secondary N) is 4. The SMILES string of the molecule is CC(C)C(Nc1ncc(-c2cc[nH]c2)o1)C(=O)NC1CCNC(=O)COC1. The number of oxazole rings is 1. The van der Waals surface area contributed by atoms with E-state index in [0.29, 0.717) is 31.3 Å². The number of nitrogens with zero attached hydrogens (tertiary/aromatic N) is 1. The molecule has 0 saturated carbocycles. The van der Waals surface area contributed by atoms with Crippen LogP contribution in [0.25, 0.3) is 11.3 Å². The maximum Gasteiger partial charge on any atom is 0.295 e. The largest absolute Gasteiger partial charge is 0.424 e. The molecule has 0 spiro atoms. The number of ether oxygens (including phenoxy) is 1. The summed E-state index contributed by atoms with van der Waals surface area (Å²) in [5.41, 5.74) is 0.884. The molecular formula is C18H25N5O4. The summed E-state index contributed by atoms with van der Waals surface area (Å²) >= 11 is 0. The summed E-state index contributed by atoms with van der Waals surface area (Å²) in [7, 11) is 0. The fourth-order valence-corrected chi connectivity index (χ4v) is 2.84. The first kappa shape index (κ1) is 19.0. The highest BCUT2D eigenvalue weighted by Crippen LogP contribution is 2.23. The molecule has 2 aromatic heterocycles. The number of hydrogen-bond acceptors (Lipinski definition) is 6. The quantitative estimate of drug-likeness (QED) is 0.600. The van der Waals surface area contributed by atoms with Gasteiger partial charge in [0.15, 0.2) is 5.76 Å². The molecule has 1 aliphatic rings. The number of carbonyl (C=O) groups is 2. The Morgan fingerprint density at radius 3 is 3.00 bits per heavy atom. The van der Waals surface area contributed by atoms with Crippen molar-refractivity contribution in [1.29, 1.82) is 0 Å². The van der Waals surface area contributed by atoms with E-state index in [9.17, 15) is 9.59 Å².